The van der Waals surface area contributed by atoms with Gasteiger partial charge in [-0.15, -0.1) is 11.3 Å². The first-order valence-corrected chi connectivity index (χ1v) is 6.25. The highest BCUT2D eigenvalue weighted by Gasteiger charge is 2.01. The maximum atomic E-state index is 4.31. The zero-order valence-electron chi connectivity index (χ0n) is 9.60. The summed E-state index contributed by atoms with van der Waals surface area (Å²) in [6, 6.07) is 4.22. The van der Waals surface area contributed by atoms with Crippen molar-refractivity contribution in [2.75, 3.05) is 6.54 Å². The summed E-state index contributed by atoms with van der Waals surface area (Å²) in [5.41, 5.74) is 0. The molecule has 86 valence electrons. The van der Waals surface area contributed by atoms with E-state index in [0.717, 1.165) is 31.3 Å². The second-order valence-electron chi connectivity index (χ2n) is 3.69. The summed E-state index contributed by atoms with van der Waals surface area (Å²) in [6.07, 6.45) is 0. The quantitative estimate of drug-likeness (QED) is 0.804. The van der Waals surface area contributed by atoms with Gasteiger partial charge in [0.05, 0.1) is 6.54 Å². The van der Waals surface area contributed by atoms with Gasteiger partial charge in [0, 0.05) is 18.0 Å². The third kappa shape index (κ3) is 2.90. The van der Waals surface area contributed by atoms with Gasteiger partial charge in [0.15, 0.2) is 0 Å². The van der Waals surface area contributed by atoms with Crippen LogP contribution in [0.3, 0.4) is 0 Å². The molecule has 0 aliphatic carbocycles. The van der Waals surface area contributed by atoms with Crippen LogP contribution in [-0.4, -0.2) is 21.3 Å². The number of nitrogens with one attached hydrogen (secondary N) is 1. The van der Waals surface area contributed by atoms with Crippen LogP contribution in [0, 0.1) is 13.8 Å². The lowest BCUT2D eigenvalue weighted by molar-refractivity contribution is 0.542. The van der Waals surface area contributed by atoms with Crippen molar-refractivity contribution >= 4 is 11.3 Å². The van der Waals surface area contributed by atoms with Gasteiger partial charge >= 0.3 is 0 Å². The number of thiophene rings is 1. The van der Waals surface area contributed by atoms with Gasteiger partial charge in [-0.2, -0.15) is 5.10 Å². The average Bonchev–Trinajstić information content (AvgIpc) is 2.84. The minimum Gasteiger partial charge on any atom is -0.310 e. The van der Waals surface area contributed by atoms with Crippen LogP contribution in [0.25, 0.3) is 0 Å². The standard InChI is InChI=1S/C11H16N4S/c1-9-13-10(2)15(14-9)6-5-12-8-11-4-3-7-16-11/h3-4,7,12H,5-6,8H2,1-2H3. The molecule has 0 atom stereocenters. The Morgan fingerprint density at radius 1 is 1.44 bits per heavy atom. The second kappa shape index (κ2) is 5.23. The molecule has 16 heavy (non-hydrogen) atoms. The molecular weight excluding hydrogens is 220 g/mol. The van der Waals surface area contributed by atoms with Crippen molar-refractivity contribution in [1.82, 2.24) is 20.1 Å². The lowest BCUT2D eigenvalue weighted by Crippen LogP contribution is -2.20. The van der Waals surface area contributed by atoms with E-state index in [9.17, 15) is 0 Å². The van der Waals surface area contributed by atoms with Crippen molar-refractivity contribution in [3.05, 3.63) is 34.0 Å². The van der Waals surface area contributed by atoms with E-state index in [1.165, 1.54) is 4.88 Å². The molecular formula is C11H16N4S. The van der Waals surface area contributed by atoms with Gasteiger partial charge in [0.1, 0.15) is 11.6 Å². The zero-order valence-corrected chi connectivity index (χ0v) is 10.4. The van der Waals surface area contributed by atoms with Gasteiger partial charge in [-0.3, -0.25) is 0 Å². The smallest absolute Gasteiger partial charge is 0.147 e. The van der Waals surface area contributed by atoms with Gasteiger partial charge in [-0.1, -0.05) is 6.07 Å². The Morgan fingerprint density at radius 2 is 2.31 bits per heavy atom. The number of nitrogens with zero attached hydrogens (tertiary/aromatic N) is 3. The second-order valence-corrected chi connectivity index (χ2v) is 4.72. The Labute approximate surface area is 99.3 Å². The molecule has 2 aromatic rings. The first-order valence-electron chi connectivity index (χ1n) is 5.37. The number of aromatic nitrogens is 3. The summed E-state index contributed by atoms with van der Waals surface area (Å²) in [5, 5.41) is 9.81. The molecule has 2 heterocycles. The summed E-state index contributed by atoms with van der Waals surface area (Å²) < 4.78 is 1.94. The molecule has 0 spiro atoms. The van der Waals surface area contributed by atoms with Crippen LogP contribution in [0.4, 0.5) is 0 Å². The number of hydrogen-bond acceptors (Lipinski definition) is 4. The molecule has 0 aliphatic rings. The molecule has 2 rings (SSSR count). The molecule has 0 amide bonds. The van der Waals surface area contributed by atoms with E-state index >= 15 is 0 Å². The van der Waals surface area contributed by atoms with Crippen molar-refractivity contribution in [2.24, 2.45) is 0 Å². The van der Waals surface area contributed by atoms with Crippen molar-refractivity contribution in [3.8, 4) is 0 Å². The zero-order chi connectivity index (χ0) is 11.4. The van der Waals surface area contributed by atoms with Gasteiger partial charge in [-0.25, -0.2) is 9.67 Å². The fourth-order valence-corrected chi connectivity index (χ4v) is 2.26. The van der Waals surface area contributed by atoms with Crippen molar-refractivity contribution in [3.63, 3.8) is 0 Å². The normalized spacial score (nSPS) is 10.9. The van der Waals surface area contributed by atoms with E-state index in [1.54, 1.807) is 11.3 Å². The Balaban J connectivity index is 1.74. The predicted octanol–water partition coefficient (Wildman–Crippen LogP) is 1.75. The summed E-state index contributed by atoms with van der Waals surface area (Å²) in [5.74, 6) is 1.83. The Hall–Kier alpha value is -1.20. The molecule has 0 bridgehead atoms. The summed E-state index contributed by atoms with van der Waals surface area (Å²) in [4.78, 5) is 5.63. The summed E-state index contributed by atoms with van der Waals surface area (Å²) >= 11 is 1.78. The Bertz CT molecular complexity index is 433. The fourth-order valence-electron chi connectivity index (χ4n) is 1.58. The molecule has 0 saturated carbocycles. The number of rotatable bonds is 5. The SMILES string of the molecule is Cc1nc(C)n(CCNCc2cccs2)n1. The molecule has 2 aromatic heterocycles. The van der Waals surface area contributed by atoms with Gasteiger partial charge in [0.2, 0.25) is 0 Å². The largest absolute Gasteiger partial charge is 0.310 e. The number of hydrogen-bond donors (Lipinski definition) is 1. The van der Waals surface area contributed by atoms with Gasteiger partial charge < -0.3 is 5.32 Å². The molecule has 0 radical (unpaired) electrons. The first-order chi connectivity index (χ1) is 7.75. The minimum atomic E-state index is 0.843. The van der Waals surface area contributed by atoms with Gasteiger partial charge in [0.25, 0.3) is 0 Å². The van der Waals surface area contributed by atoms with Crippen molar-refractivity contribution < 1.29 is 0 Å². The van der Waals surface area contributed by atoms with Crippen LogP contribution in [-0.2, 0) is 13.1 Å². The van der Waals surface area contributed by atoms with Crippen LogP contribution in [0.5, 0.6) is 0 Å². The lowest BCUT2D eigenvalue weighted by Gasteiger charge is -2.04. The molecule has 0 unspecified atom stereocenters. The maximum absolute atomic E-state index is 4.31. The highest BCUT2D eigenvalue weighted by atomic mass is 32.1. The van der Waals surface area contributed by atoms with E-state index in [2.05, 4.69) is 32.9 Å². The number of aryl methyl sites for hydroxylation is 2. The third-order valence-electron chi connectivity index (χ3n) is 2.34. The average molecular weight is 236 g/mol. The Morgan fingerprint density at radius 3 is 2.94 bits per heavy atom. The highest BCUT2D eigenvalue weighted by molar-refractivity contribution is 7.09. The van der Waals surface area contributed by atoms with Crippen LogP contribution in [0.2, 0.25) is 0 Å². The van der Waals surface area contributed by atoms with E-state index in [4.69, 9.17) is 0 Å². The van der Waals surface area contributed by atoms with Crippen molar-refractivity contribution in [1.29, 1.82) is 0 Å². The van der Waals surface area contributed by atoms with Crippen LogP contribution < -0.4 is 5.32 Å². The third-order valence-corrected chi connectivity index (χ3v) is 3.22. The molecule has 4 nitrogen and oxygen atoms in total. The van der Waals surface area contributed by atoms with Crippen molar-refractivity contribution in [2.45, 2.75) is 26.9 Å². The molecule has 0 fully saturated rings. The molecule has 5 heteroatoms. The predicted molar refractivity (Wildman–Crippen MR) is 65.5 cm³/mol. The topological polar surface area (TPSA) is 42.7 Å². The minimum absolute atomic E-state index is 0.843. The van der Waals surface area contributed by atoms with E-state index < -0.39 is 0 Å². The highest BCUT2D eigenvalue weighted by Crippen LogP contribution is 2.07. The lowest BCUT2D eigenvalue weighted by atomic mass is 10.4. The molecule has 1 N–H and O–H groups in total. The first kappa shape index (κ1) is 11.3. The van der Waals surface area contributed by atoms with Crippen LogP contribution in [0.1, 0.15) is 16.5 Å². The van der Waals surface area contributed by atoms with Crippen LogP contribution >= 0.6 is 11.3 Å². The van der Waals surface area contributed by atoms with E-state index in [0.29, 0.717) is 0 Å². The summed E-state index contributed by atoms with van der Waals surface area (Å²) in [6.45, 7) is 6.63. The van der Waals surface area contributed by atoms with Crippen LogP contribution in [0.15, 0.2) is 17.5 Å². The fraction of sp³-hybridized carbons (Fsp3) is 0.455. The van der Waals surface area contributed by atoms with Gasteiger partial charge in [-0.05, 0) is 25.3 Å². The van der Waals surface area contributed by atoms with E-state index in [-0.39, 0.29) is 0 Å². The van der Waals surface area contributed by atoms with E-state index in [1.807, 2.05) is 18.5 Å². The summed E-state index contributed by atoms with van der Waals surface area (Å²) in [7, 11) is 0. The maximum Gasteiger partial charge on any atom is 0.147 e. The Kier molecular flexibility index (Phi) is 3.69. The molecule has 0 aromatic carbocycles. The monoisotopic (exact) mass is 236 g/mol. The molecule has 0 saturated heterocycles. The molecule has 0 aliphatic heterocycles.